The SMILES string of the molecule is CCOC(=O)n1ccc2c(C#N)ccc(CBr)c21. The maximum Gasteiger partial charge on any atom is 0.418 e. The number of carbonyl (C=O) groups excluding carboxylic acids is 1. The van der Waals surface area contributed by atoms with Crippen molar-refractivity contribution < 1.29 is 9.53 Å². The first-order valence-electron chi connectivity index (χ1n) is 5.49. The third-order valence-electron chi connectivity index (χ3n) is 2.66. The molecule has 2 rings (SSSR count). The fourth-order valence-corrected chi connectivity index (χ4v) is 2.33. The number of aromatic nitrogens is 1. The number of benzene rings is 1. The molecule has 4 nitrogen and oxygen atoms in total. The van der Waals surface area contributed by atoms with Crippen LogP contribution in [0.15, 0.2) is 24.4 Å². The molecule has 0 aliphatic rings. The fourth-order valence-electron chi connectivity index (χ4n) is 1.88. The molecule has 0 N–H and O–H groups in total. The molecule has 0 saturated carbocycles. The summed E-state index contributed by atoms with van der Waals surface area (Å²) in [4.78, 5) is 11.8. The van der Waals surface area contributed by atoms with Crippen LogP contribution in [0.25, 0.3) is 10.9 Å². The molecule has 1 aromatic carbocycles. The second-order valence-corrected chi connectivity index (χ2v) is 4.23. The van der Waals surface area contributed by atoms with E-state index in [4.69, 9.17) is 10.00 Å². The van der Waals surface area contributed by atoms with E-state index in [1.807, 2.05) is 6.07 Å². The summed E-state index contributed by atoms with van der Waals surface area (Å²) in [6, 6.07) is 7.48. The molecule has 0 aliphatic heterocycles. The van der Waals surface area contributed by atoms with Gasteiger partial charge in [0.05, 0.1) is 23.8 Å². The van der Waals surface area contributed by atoms with Crippen LogP contribution in [0.2, 0.25) is 0 Å². The van der Waals surface area contributed by atoms with Crippen LogP contribution in [0, 0.1) is 11.3 Å². The van der Waals surface area contributed by atoms with E-state index in [0.29, 0.717) is 17.5 Å². The van der Waals surface area contributed by atoms with Gasteiger partial charge < -0.3 is 4.74 Å². The van der Waals surface area contributed by atoms with Crippen LogP contribution in [0.3, 0.4) is 0 Å². The Hall–Kier alpha value is -1.80. The second kappa shape index (κ2) is 5.23. The number of rotatable bonds is 2. The first kappa shape index (κ1) is 12.7. The summed E-state index contributed by atoms with van der Waals surface area (Å²) in [7, 11) is 0. The first-order chi connectivity index (χ1) is 8.72. The largest absolute Gasteiger partial charge is 0.449 e. The highest BCUT2D eigenvalue weighted by atomic mass is 79.9. The number of halogens is 1. The third-order valence-corrected chi connectivity index (χ3v) is 3.26. The van der Waals surface area contributed by atoms with Crippen LogP contribution in [0.4, 0.5) is 4.79 Å². The molecule has 1 aromatic heterocycles. The topological polar surface area (TPSA) is 55.0 Å². The zero-order chi connectivity index (χ0) is 13.1. The Balaban J connectivity index is 2.70. The molecule has 0 fully saturated rings. The van der Waals surface area contributed by atoms with Gasteiger partial charge in [0, 0.05) is 16.9 Å². The molecule has 0 amide bonds. The Morgan fingerprint density at radius 3 is 2.89 bits per heavy atom. The van der Waals surface area contributed by atoms with Crippen molar-refractivity contribution in [2.75, 3.05) is 6.61 Å². The van der Waals surface area contributed by atoms with Crippen LogP contribution in [0.5, 0.6) is 0 Å². The van der Waals surface area contributed by atoms with Crippen molar-refractivity contribution in [1.82, 2.24) is 4.57 Å². The lowest BCUT2D eigenvalue weighted by molar-refractivity contribution is 0.155. The van der Waals surface area contributed by atoms with E-state index in [-0.39, 0.29) is 0 Å². The average Bonchev–Trinajstić information content (AvgIpc) is 2.82. The van der Waals surface area contributed by atoms with Gasteiger partial charge in [-0.05, 0) is 24.6 Å². The fraction of sp³-hybridized carbons (Fsp3) is 0.231. The highest BCUT2D eigenvalue weighted by Crippen LogP contribution is 2.25. The molecule has 0 radical (unpaired) electrons. The Morgan fingerprint density at radius 2 is 2.28 bits per heavy atom. The molecule has 5 heteroatoms. The molecule has 92 valence electrons. The van der Waals surface area contributed by atoms with Gasteiger partial charge in [-0.1, -0.05) is 22.0 Å². The minimum Gasteiger partial charge on any atom is -0.449 e. The minimum atomic E-state index is -0.426. The van der Waals surface area contributed by atoms with E-state index in [9.17, 15) is 4.79 Å². The van der Waals surface area contributed by atoms with E-state index in [1.165, 1.54) is 4.57 Å². The van der Waals surface area contributed by atoms with Crippen LogP contribution in [0.1, 0.15) is 18.1 Å². The number of hydrogen-bond donors (Lipinski definition) is 0. The Labute approximate surface area is 113 Å². The number of hydrogen-bond acceptors (Lipinski definition) is 3. The zero-order valence-corrected chi connectivity index (χ0v) is 11.4. The maximum absolute atomic E-state index is 11.8. The van der Waals surface area contributed by atoms with Gasteiger partial charge in [0.15, 0.2) is 0 Å². The first-order valence-corrected chi connectivity index (χ1v) is 6.61. The van der Waals surface area contributed by atoms with Crippen molar-refractivity contribution in [3.8, 4) is 6.07 Å². The lowest BCUT2D eigenvalue weighted by atomic mass is 10.1. The van der Waals surface area contributed by atoms with Crippen LogP contribution in [-0.4, -0.2) is 17.3 Å². The number of ether oxygens (including phenoxy) is 1. The quantitative estimate of drug-likeness (QED) is 0.799. The lowest BCUT2D eigenvalue weighted by Crippen LogP contribution is -2.12. The van der Waals surface area contributed by atoms with Gasteiger partial charge in [0.2, 0.25) is 0 Å². The molecule has 0 saturated heterocycles. The Bertz CT molecular complexity index is 640. The molecule has 1 heterocycles. The summed E-state index contributed by atoms with van der Waals surface area (Å²) in [5.41, 5.74) is 2.23. The number of carbonyl (C=O) groups is 1. The van der Waals surface area contributed by atoms with Crippen LogP contribution < -0.4 is 0 Å². The zero-order valence-electron chi connectivity index (χ0n) is 9.81. The van der Waals surface area contributed by atoms with E-state index < -0.39 is 6.09 Å². The molecule has 0 spiro atoms. The van der Waals surface area contributed by atoms with Gasteiger partial charge in [-0.15, -0.1) is 0 Å². The normalized spacial score (nSPS) is 10.3. The van der Waals surface area contributed by atoms with Gasteiger partial charge in [-0.3, -0.25) is 4.57 Å². The van der Waals surface area contributed by atoms with Gasteiger partial charge in [-0.2, -0.15) is 5.26 Å². The highest BCUT2D eigenvalue weighted by molar-refractivity contribution is 9.08. The Kier molecular flexibility index (Phi) is 3.68. The molecule has 0 aliphatic carbocycles. The Morgan fingerprint density at radius 1 is 1.50 bits per heavy atom. The molecule has 0 atom stereocenters. The van der Waals surface area contributed by atoms with Crippen molar-refractivity contribution in [1.29, 1.82) is 5.26 Å². The molecule has 18 heavy (non-hydrogen) atoms. The van der Waals surface area contributed by atoms with Gasteiger partial charge in [-0.25, -0.2) is 4.79 Å². The van der Waals surface area contributed by atoms with E-state index in [0.717, 1.165) is 16.5 Å². The van der Waals surface area contributed by atoms with Crippen LogP contribution in [-0.2, 0) is 10.1 Å². The van der Waals surface area contributed by atoms with E-state index in [1.54, 1.807) is 25.3 Å². The maximum atomic E-state index is 11.8. The molecular formula is C13H11BrN2O2. The predicted octanol–water partition coefficient (Wildman–Crippen LogP) is 3.41. The third kappa shape index (κ3) is 2.00. The predicted molar refractivity (Wildman–Crippen MR) is 71.7 cm³/mol. The summed E-state index contributed by atoms with van der Waals surface area (Å²) in [6.07, 6.45) is 1.21. The second-order valence-electron chi connectivity index (χ2n) is 3.66. The monoisotopic (exact) mass is 306 g/mol. The van der Waals surface area contributed by atoms with Gasteiger partial charge in [0.1, 0.15) is 0 Å². The average molecular weight is 307 g/mol. The summed E-state index contributed by atoms with van der Waals surface area (Å²) in [5.74, 6) is 0. The number of nitriles is 1. The van der Waals surface area contributed by atoms with E-state index >= 15 is 0 Å². The molecule has 0 bridgehead atoms. The minimum absolute atomic E-state index is 0.320. The molecule has 0 unspecified atom stereocenters. The highest BCUT2D eigenvalue weighted by Gasteiger charge is 2.15. The van der Waals surface area contributed by atoms with Crippen molar-refractivity contribution in [3.05, 3.63) is 35.5 Å². The number of fused-ring (bicyclic) bond motifs is 1. The number of alkyl halides is 1. The summed E-state index contributed by atoms with van der Waals surface area (Å²) in [5, 5.41) is 10.4. The summed E-state index contributed by atoms with van der Waals surface area (Å²) >= 11 is 3.38. The van der Waals surface area contributed by atoms with Gasteiger partial charge in [0.25, 0.3) is 0 Å². The summed E-state index contributed by atoms with van der Waals surface area (Å²) in [6.45, 7) is 2.08. The smallest absolute Gasteiger partial charge is 0.418 e. The molecule has 2 aromatic rings. The van der Waals surface area contributed by atoms with Crippen molar-refractivity contribution in [2.24, 2.45) is 0 Å². The van der Waals surface area contributed by atoms with Crippen molar-refractivity contribution in [2.45, 2.75) is 12.3 Å². The number of nitrogens with zero attached hydrogens (tertiary/aromatic N) is 2. The van der Waals surface area contributed by atoms with E-state index in [2.05, 4.69) is 22.0 Å². The van der Waals surface area contributed by atoms with Crippen molar-refractivity contribution in [3.63, 3.8) is 0 Å². The molecular weight excluding hydrogens is 296 g/mol. The summed E-state index contributed by atoms with van der Waals surface area (Å²) < 4.78 is 6.43. The van der Waals surface area contributed by atoms with Crippen molar-refractivity contribution >= 4 is 32.9 Å². The van der Waals surface area contributed by atoms with Gasteiger partial charge >= 0.3 is 6.09 Å². The van der Waals surface area contributed by atoms with Crippen LogP contribution >= 0.6 is 15.9 Å². The lowest BCUT2D eigenvalue weighted by Gasteiger charge is -2.07. The standard InChI is InChI=1S/C13H11BrN2O2/c1-2-18-13(17)16-6-5-11-10(8-15)4-3-9(7-14)12(11)16/h3-6H,2,7H2,1H3.